The molecule has 0 bridgehead atoms. The number of hydrogen-bond donors (Lipinski definition) is 2. The van der Waals surface area contributed by atoms with Gasteiger partial charge < -0.3 is 18.9 Å². The number of rotatable bonds is 12. The maximum absolute atomic E-state index is 12.4. The van der Waals surface area contributed by atoms with Crippen LogP contribution in [0.15, 0.2) is 78.9 Å². The van der Waals surface area contributed by atoms with E-state index >= 15 is 0 Å². The highest BCUT2D eigenvalue weighted by Crippen LogP contribution is 2.15. The van der Waals surface area contributed by atoms with Crippen LogP contribution in [-0.4, -0.2) is 44.2 Å². The van der Waals surface area contributed by atoms with Crippen molar-refractivity contribution in [1.29, 1.82) is 0 Å². The number of benzene rings is 3. The minimum atomic E-state index is -0.555. The molecule has 0 atom stereocenters. The SMILES string of the molecule is CCCOC(=O)c1ccc(OCC(=O)NNC(=O)c2cccc(OCCOc3ccccc3)c2)cc1. The van der Waals surface area contributed by atoms with Crippen LogP contribution in [0.1, 0.15) is 34.1 Å². The Morgan fingerprint density at radius 2 is 1.33 bits per heavy atom. The Balaban J connectivity index is 1.37. The van der Waals surface area contributed by atoms with Gasteiger partial charge in [0, 0.05) is 5.56 Å². The van der Waals surface area contributed by atoms with Crippen LogP contribution in [0, 0.1) is 0 Å². The van der Waals surface area contributed by atoms with E-state index in [1.807, 2.05) is 37.3 Å². The molecule has 3 aromatic carbocycles. The first kappa shape index (κ1) is 26.1. The summed E-state index contributed by atoms with van der Waals surface area (Å²) in [6.45, 7) is 2.58. The van der Waals surface area contributed by atoms with Crippen LogP contribution < -0.4 is 25.1 Å². The molecule has 0 radical (unpaired) electrons. The second-order valence-electron chi connectivity index (χ2n) is 7.49. The lowest BCUT2D eigenvalue weighted by atomic mass is 10.2. The Kier molecular flexibility index (Phi) is 10.1. The first-order chi connectivity index (χ1) is 17.5. The predicted octanol–water partition coefficient (Wildman–Crippen LogP) is 3.55. The molecule has 36 heavy (non-hydrogen) atoms. The van der Waals surface area contributed by atoms with Crippen LogP contribution in [-0.2, 0) is 9.53 Å². The Morgan fingerprint density at radius 3 is 2.06 bits per heavy atom. The molecular weight excluding hydrogens is 464 g/mol. The lowest BCUT2D eigenvalue weighted by Gasteiger charge is -2.11. The molecule has 0 heterocycles. The zero-order chi connectivity index (χ0) is 25.6. The highest BCUT2D eigenvalue weighted by molar-refractivity contribution is 5.95. The normalized spacial score (nSPS) is 10.1. The van der Waals surface area contributed by atoms with E-state index in [2.05, 4.69) is 10.9 Å². The van der Waals surface area contributed by atoms with Crippen molar-refractivity contribution in [3.8, 4) is 17.2 Å². The number of amides is 2. The molecule has 2 N–H and O–H groups in total. The summed E-state index contributed by atoms with van der Waals surface area (Å²) in [7, 11) is 0. The molecule has 3 rings (SSSR count). The lowest BCUT2D eigenvalue weighted by molar-refractivity contribution is -0.123. The van der Waals surface area contributed by atoms with Crippen molar-refractivity contribution < 1.29 is 33.3 Å². The molecule has 9 nitrogen and oxygen atoms in total. The summed E-state index contributed by atoms with van der Waals surface area (Å²) in [6.07, 6.45) is 0.739. The molecule has 0 unspecified atom stereocenters. The van der Waals surface area contributed by atoms with Gasteiger partial charge in [-0.3, -0.25) is 20.4 Å². The molecular formula is C27H28N2O7. The summed E-state index contributed by atoms with van der Waals surface area (Å²) in [4.78, 5) is 36.2. The predicted molar refractivity (Wildman–Crippen MR) is 132 cm³/mol. The van der Waals surface area contributed by atoms with Gasteiger partial charge in [-0.1, -0.05) is 31.2 Å². The molecule has 188 valence electrons. The third-order valence-electron chi connectivity index (χ3n) is 4.67. The van der Waals surface area contributed by atoms with Crippen molar-refractivity contribution in [2.24, 2.45) is 0 Å². The van der Waals surface area contributed by atoms with E-state index in [4.69, 9.17) is 18.9 Å². The van der Waals surface area contributed by atoms with Crippen molar-refractivity contribution in [3.63, 3.8) is 0 Å². The van der Waals surface area contributed by atoms with Gasteiger partial charge in [-0.2, -0.15) is 0 Å². The maximum atomic E-state index is 12.4. The molecule has 0 aliphatic rings. The van der Waals surface area contributed by atoms with Gasteiger partial charge in [0.1, 0.15) is 30.5 Å². The van der Waals surface area contributed by atoms with Gasteiger partial charge in [-0.05, 0) is 61.0 Å². The summed E-state index contributed by atoms with van der Waals surface area (Å²) in [6, 6.07) is 22.2. The Bertz CT molecular complexity index is 1130. The molecule has 0 aromatic heterocycles. The number of nitrogens with one attached hydrogen (secondary N) is 2. The number of para-hydroxylation sites is 1. The van der Waals surface area contributed by atoms with Gasteiger partial charge in [-0.25, -0.2) is 4.79 Å². The van der Waals surface area contributed by atoms with Crippen molar-refractivity contribution >= 4 is 17.8 Å². The lowest BCUT2D eigenvalue weighted by Crippen LogP contribution is -2.43. The van der Waals surface area contributed by atoms with Gasteiger partial charge >= 0.3 is 5.97 Å². The van der Waals surface area contributed by atoms with Crippen LogP contribution in [0.25, 0.3) is 0 Å². The molecule has 3 aromatic rings. The van der Waals surface area contributed by atoms with E-state index in [0.717, 1.165) is 12.2 Å². The molecule has 0 aliphatic heterocycles. The topological polar surface area (TPSA) is 112 Å². The summed E-state index contributed by atoms with van der Waals surface area (Å²) in [5, 5.41) is 0. The number of carbonyl (C=O) groups is 3. The van der Waals surface area contributed by atoms with Crippen molar-refractivity contribution in [2.45, 2.75) is 13.3 Å². The minimum Gasteiger partial charge on any atom is -0.490 e. The monoisotopic (exact) mass is 492 g/mol. The van der Waals surface area contributed by atoms with E-state index in [1.165, 1.54) is 0 Å². The fourth-order valence-corrected chi connectivity index (χ4v) is 2.91. The number of hydrogen-bond acceptors (Lipinski definition) is 7. The zero-order valence-corrected chi connectivity index (χ0v) is 19.9. The average Bonchev–Trinajstić information content (AvgIpc) is 2.92. The third-order valence-corrected chi connectivity index (χ3v) is 4.67. The van der Waals surface area contributed by atoms with E-state index in [0.29, 0.717) is 42.4 Å². The molecule has 0 spiro atoms. The van der Waals surface area contributed by atoms with E-state index in [-0.39, 0.29) is 6.61 Å². The van der Waals surface area contributed by atoms with Gasteiger partial charge in [0.15, 0.2) is 6.61 Å². The molecule has 0 fully saturated rings. The zero-order valence-electron chi connectivity index (χ0n) is 19.9. The second kappa shape index (κ2) is 14.0. The van der Waals surface area contributed by atoms with Gasteiger partial charge in [0.25, 0.3) is 11.8 Å². The van der Waals surface area contributed by atoms with Crippen LogP contribution in [0.4, 0.5) is 0 Å². The second-order valence-corrected chi connectivity index (χ2v) is 7.49. The van der Waals surface area contributed by atoms with Gasteiger partial charge in [0.2, 0.25) is 0 Å². The van der Waals surface area contributed by atoms with E-state index < -0.39 is 17.8 Å². The van der Waals surface area contributed by atoms with Gasteiger partial charge in [0.05, 0.1) is 12.2 Å². The number of hydrazine groups is 1. The van der Waals surface area contributed by atoms with E-state index in [1.54, 1.807) is 48.5 Å². The largest absolute Gasteiger partial charge is 0.490 e. The quantitative estimate of drug-likeness (QED) is 0.226. The molecule has 0 saturated heterocycles. The number of ether oxygens (including phenoxy) is 4. The number of esters is 1. The average molecular weight is 493 g/mol. The highest BCUT2D eigenvalue weighted by Gasteiger charge is 2.10. The molecule has 2 amide bonds. The third kappa shape index (κ3) is 8.68. The summed E-state index contributed by atoms with van der Waals surface area (Å²) >= 11 is 0. The summed E-state index contributed by atoms with van der Waals surface area (Å²) in [5.41, 5.74) is 5.33. The number of carbonyl (C=O) groups excluding carboxylic acids is 3. The van der Waals surface area contributed by atoms with Crippen LogP contribution in [0.5, 0.6) is 17.2 Å². The van der Waals surface area contributed by atoms with Gasteiger partial charge in [-0.15, -0.1) is 0 Å². The highest BCUT2D eigenvalue weighted by atomic mass is 16.5. The molecule has 9 heteroatoms. The smallest absolute Gasteiger partial charge is 0.338 e. The first-order valence-electron chi connectivity index (χ1n) is 11.4. The molecule has 0 aliphatic carbocycles. The van der Waals surface area contributed by atoms with Crippen LogP contribution >= 0.6 is 0 Å². The Morgan fingerprint density at radius 1 is 0.667 bits per heavy atom. The molecule has 0 saturated carbocycles. The minimum absolute atomic E-state index is 0.301. The Labute approximate surface area is 209 Å². The summed E-state index contributed by atoms with van der Waals surface area (Å²) < 4.78 is 21.6. The fraction of sp³-hybridized carbons (Fsp3) is 0.222. The van der Waals surface area contributed by atoms with Crippen molar-refractivity contribution in [2.75, 3.05) is 26.4 Å². The maximum Gasteiger partial charge on any atom is 0.338 e. The fourth-order valence-electron chi connectivity index (χ4n) is 2.91. The van der Waals surface area contributed by atoms with Crippen LogP contribution in [0.2, 0.25) is 0 Å². The Hall–Kier alpha value is -4.53. The van der Waals surface area contributed by atoms with E-state index in [9.17, 15) is 14.4 Å². The van der Waals surface area contributed by atoms with Crippen LogP contribution in [0.3, 0.4) is 0 Å². The standard InChI is InChI=1S/C27H28N2O7/c1-2-15-35-27(32)20-11-13-23(14-12-20)36-19-25(30)28-29-26(31)21-7-6-10-24(18-21)34-17-16-33-22-8-4-3-5-9-22/h3-14,18H,2,15-17,19H2,1H3,(H,28,30)(H,29,31). The van der Waals surface area contributed by atoms with Crippen molar-refractivity contribution in [1.82, 2.24) is 10.9 Å². The summed E-state index contributed by atoms with van der Waals surface area (Å²) in [5.74, 6) is 0.155. The van der Waals surface area contributed by atoms with Crippen molar-refractivity contribution in [3.05, 3.63) is 90.0 Å². The first-order valence-corrected chi connectivity index (χ1v) is 11.4.